The standard InChI is InChI=1S/C15H18N4O3S/c1-23(21,22)19-9-5-4-8-13(19)15(20)18-14-10-16-11-6-2-3-7-12(11)17-14/h2-3,6-7,10,13H,4-5,8-9H2,1H3,(H,17,18,20). The molecule has 1 aromatic carbocycles. The molecule has 0 aliphatic carbocycles. The van der Waals surface area contributed by atoms with Gasteiger partial charge in [-0.25, -0.2) is 13.4 Å². The summed E-state index contributed by atoms with van der Waals surface area (Å²) in [5, 5.41) is 2.69. The predicted octanol–water partition coefficient (Wildman–Crippen LogP) is 1.38. The number of aromatic nitrogens is 2. The maximum absolute atomic E-state index is 12.5. The van der Waals surface area contributed by atoms with Crippen LogP contribution in [0.3, 0.4) is 0 Å². The number of amides is 1. The molecule has 0 radical (unpaired) electrons. The Kier molecular flexibility index (Phi) is 4.27. The van der Waals surface area contributed by atoms with Gasteiger partial charge in [0.25, 0.3) is 0 Å². The molecule has 1 aliphatic heterocycles. The minimum absolute atomic E-state index is 0.327. The van der Waals surface area contributed by atoms with E-state index in [1.165, 1.54) is 10.5 Å². The van der Waals surface area contributed by atoms with Gasteiger partial charge in [0.15, 0.2) is 5.82 Å². The van der Waals surface area contributed by atoms with Crippen LogP contribution >= 0.6 is 0 Å². The van der Waals surface area contributed by atoms with Crippen LogP contribution in [-0.2, 0) is 14.8 Å². The first kappa shape index (κ1) is 15.8. The van der Waals surface area contributed by atoms with Crippen LogP contribution in [0, 0.1) is 0 Å². The summed E-state index contributed by atoms with van der Waals surface area (Å²) >= 11 is 0. The van der Waals surface area contributed by atoms with E-state index in [4.69, 9.17) is 0 Å². The molecule has 7 nitrogen and oxygen atoms in total. The number of carbonyl (C=O) groups excluding carboxylic acids is 1. The molecule has 2 heterocycles. The van der Waals surface area contributed by atoms with Crippen molar-refractivity contribution >= 4 is 32.8 Å². The van der Waals surface area contributed by atoms with E-state index in [0.717, 1.165) is 24.6 Å². The van der Waals surface area contributed by atoms with Crippen LogP contribution in [0.25, 0.3) is 11.0 Å². The van der Waals surface area contributed by atoms with Gasteiger partial charge in [-0.05, 0) is 25.0 Å². The molecule has 2 aromatic rings. The zero-order chi connectivity index (χ0) is 16.4. The van der Waals surface area contributed by atoms with Gasteiger partial charge in [-0.1, -0.05) is 18.6 Å². The summed E-state index contributed by atoms with van der Waals surface area (Å²) in [4.78, 5) is 21.0. The Morgan fingerprint density at radius 2 is 2.00 bits per heavy atom. The smallest absolute Gasteiger partial charge is 0.244 e. The van der Waals surface area contributed by atoms with Crippen molar-refractivity contribution in [3.63, 3.8) is 0 Å². The zero-order valence-corrected chi connectivity index (χ0v) is 13.6. The topological polar surface area (TPSA) is 92.3 Å². The number of rotatable bonds is 3. The summed E-state index contributed by atoms with van der Waals surface area (Å²) in [6, 6.07) is 6.66. The second-order valence-corrected chi connectivity index (χ2v) is 7.55. The van der Waals surface area contributed by atoms with E-state index in [1.807, 2.05) is 18.2 Å². The molecular formula is C15H18N4O3S. The fraction of sp³-hybridized carbons (Fsp3) is 0.400. The largest absolute Gasteiger partial charge is 0.308 e. The van der Waals surface area contributed by atoms with Gasteiger partial charge in [-0.3, -0.25) is 9.78 Å². The lowest BCUT2D eigenvalue weighted by Gasteiger charge is -2.32. The Morgan fingerprint density at radius 1 is 1.26 bits per heavy atom. The Bertz CT molecular complexity index is 837. The highest BCUT2D eigenvalue weighted by molar-refractivity contribution is 7.88. The molecule has 122 valence electrons. The van der Waals surface area contributed by atoms with Crippen molar-refractivity contribution in [1.82, 2.24) is 14.3 Å². The molecule has 1 unspecified atom stereocenters. The number of hydrogen-bond donors (Lipinski definition) is 1. The molecule has 1 saturated heterocycles. The number of fused-ring (bicyclic) bond motifs is 1. The number of benzene rings is 1. The maximum Gasteiger partial charge on any atom is 0.244 e. The van der Waals surface area contributed by atoms with Crippen molar-refractivity contribution in [3.05, 3.63) is 30.5 Å². The van der Waals surface area contributed by atoms with Gasteiger partial charge >= 0.3 is 0 Å². The number of piperidine rings is 1. The summed E-state index contributed by atoms with van der Waals surface area (Å²) in [7, 11) is -3.41. The third kappa shape index (κ3) is 3.48. The SMILES string of the molecule is CS(=O)(=O)N1CCCCC1C(=O)Nc1cnc2ccccc2n1. The summed E-state index contributed by atoms with van der Waals surface area (Å²) in [5.41, 5.74) is 1.41. The molecule has 3 rings (SSSR count). The van der Waals surface area contributed by atoms with Crippen molar-refractivity contribution in [2.45, 2.75) is 25.3 Å². The first-order chi connectivity index (χ1) is 10.9. The molecule has 1 amide bonds. The van der Waals surface area contributed by atoms with Crippen LogP contribution in [-0.4, -0.2) is 47.4 Å². The number of hydrogen-bond acceptors (Lipinski definition) is 5. The normalized spacial score (nSPS) is 19.6. The molecule has 23 heavy (non-hydrogen) atoms. The number of para-hydroxylation sites is 2. The lowest BCUT2D eigenvalue weighted by atomic mass is 10.0. The van der Waals surface area contributed by atoms with Crippen molar-refractivity contribution in [1.29, 1.82) is 0 Å². The van der Waals surface area contributed by atoms with Crippen LogP contribution in [0.15, 0.2) is 30.5 Å². The third-order valence-corrected chi connectivity index (χ3v) is 5.17. The Labute approximate surface area is 134 Å². The lowest BCUT2D eigenvalue weighted by Crippen LogP contribution is -2.49. The monoisotopic (exact) mass is 334 g/mol. The van der Waals surface area contributed by atoms with E-state index in [1.54, 1.807) is 6.07 Å². The number of sulfonamides is 1. The minimum Gasteiger partial charge on any atom is -0.308 e. The van der Waals surface area contributed by atoms with E-state index in [2.05, 4.69) is 15.3 Å². The van der Waals surface area contributed by atoms with Gasteiger partial charge < -0.3 is 5.32 Å². The molecule has 0 bridgehead atoms. The first-order valence-electron chi connectivity index (χ1n) is 7.44. The van der Waals surface area contributed by atoms with Crippen LogP contribution in [0.5, 0.6) is 0 Å². The minimum atomic E-state index is -3.41. The van der Waals surface area contributed by atoms with E-state index in [0.29, 0.717) is 24.3 Å². The maximum atomic E-state index is 12.5. The molecule has 1 aliphatic rings. The first-order valence-corrected chi connectivity index (χ1v) is 9.29. The lowest BCUT2D eigenvalue weighted by molar-refractivity contribution is -0.120. The average molecular weight is 334 g/mol. The van der Waals surface area contributed by atoms with E-state index in [9.17, 15) is 13.2 Å². The van der Waals surface area contributed by atoms with E-state index in [-0.39, 0.29) is 5.91 Å². The average Bonchev–Trinajstić information content (AvgIpc) is 2.54. The molecule has 0 saturated carbocycles. The fourth-order valence-electron chi connectivity index (χ4n) is 2.79. The van der Waals surface area contributed by atoms with Crippen molar-refractivity contribution < 1.29 is 13.2 Å². The highest BCUT2D eigenvalue weighted by Crippen LogP contribution is 2.21. The number of nitrogens with one attached hydrogen (secondary N) is 1. The number of nitrogens with zero attached hydrogens (tertiary/aromatic N) is 3. The summed E-state index contributed by atoms with van der Waals surface area (Å²) < 4.78 is 25.0. The molecule has 1 fully saturated rings. The summed E-state index contributed by atoms with van der Waals surface area (Å²) in [5.74, 6) is -0.0348. The van der Waals surface area contributed by atoms with E-state index >= 15 is 0 Å². The van der Waals surface area contributed by atoms with Gasteiger partial charge in [0.2, 0.25) is 15.9 Å². The second-order valence-electron chi connectivity index (χ2n) is 5.62. The molecule has 1 atom stereocenters. The molecule has 1 aromatic heterocycles. The predicted molar refractivity (Wildman–Crippen MR) is 87.4 cm³/mol. The Hall–Kier alpha value is -2.06. The van der Waals surface area contributed by atoms with Gasteiger partial charge in [0.05, 0.1) is 23.5 Å². The number of carbonyl (C=O) groups is 1. The van der Waals surface area contributed by atoms with Gasteiger partial charge in [0, 0.05) is 6.54 Å². The molecule has 1 N–H and O–H groups in total. The quantitative estimate of drug-likeness (QED) is 0.915. The Morgan fingerprint density at radius 3 is 2.74 bits per heavy atom. The van der Waals surface area contributed by atoms with Crippen LogP contribution in [0.4, 0.5) is 5.82 Å². The number of anilines is 1. The summed E-state index contributed by atoms with van der Waals surface area (Å²) in [6.07, 6.45) is 4.72. The zero-order valence-electron chi connectivity index (χ0n) is 12.8. The van der Waals surface area contributed by atoms with Crippen molar-refractivity contribution in [2.75, 3.05) is 18.1 Å². The summed E-state index contributed by atoms with van der Waals surface area (Å²) in [6.45, 7) is 0.375. The molecule has 8 heteroatoms. The van der Waals surface area contributed by atoms with Gasteiger partial charge in [-0.2, -0.15) is 4.31 Å². The second kappa shape index (κ2) is 6.21. The fourth-order valence-corrected chi connectivity index (χ4v) is 3.92. The van der Waals surface area contributed by atoms with Crippen molar-refractivity contribution in [3.8, 4) is 0 Å². The van der Waals surface area contributed by atoms with Gasteiger partial charge in [0.1, 0.15) is 6.04 Å². The van der Waals surface area contributed by atoms with E-state index < -0.39 is 16.1 Å². The van der Waals surface area contributed by atoms with Gasteiger partial charge in [-0.15, -0.1) is 0 Å². The van der Waals surface area contributed by atoms with Crippen molar-refractivity contribution in [2.24, 2.45) is 0 Å². The molecular weight excluding hydrogens is 316 g/mol. The highest BCUT2D eigenvalue weighted by atomic mass is 32.2. The Balaban J connectivity index is 1.81. The van der Waals surface area contributed by atoms with Crippen LogP contribution in [0.1, 0.15) is 19.3 Å². The molecule has 0 spiro atoms. The highest BCUT2D eigenvalue weighted by Gasteiger charge is 2.34. The third-order valence-electron chi connectivity index (χ3n) is 3.88. The van der Waals surface area contributed by atoms with Crippen LogP contribution < -0.4 is 5.32 Å². The van der Waals surface area contributed by atoms with Crippen LogP contribution in [0.2, 0.25) is 0 Å².